The van der Waals surface area contributed by atoms with Gasteiger partial charge in [-0.25, -0.2) is 4.99 Å². The van der Waals surface area contributed by atoms with Gasteiger partial charge in [-0.1, -0.05) is 115 Å². The third-order valence-electron chi connectivity index (χ3n) is 10.3. The number of thiophene rings is 2. The van der Waals surface area contributed by atoms with Gasteiger partial charge in [0.05, 0.1) is 21.4 Å². The molecule has 49 heavy (non-hydrogen) atoms. The number of benzene rings is 7. The van der Waals surface area contributed by atoms with Crippen LogP contribution in [0.1, 0.15) is 17.5 Å². The molecular formula is C45H28N2S2. The average Bonchev–Trinajstić information content (AvgIpc) is 3.82. The molecule has 0 N–H and O–H groups in total. The minimum absolute atomic E-state index is 0.945. The quantitative estimate of drug-likeness (QED) is 0.167. The summed E-state index contributed by atoms with van der Waals surface area (Å²) < 4.78 is 7.78. The van der Waals surface area contributed by atoms with Crippen LogP contribution in [-0.2, 0) is 6.42 Å². The first-order chi connectivity index (χ1) is 24.3. The zero-order chi connectivity index (χ0) is 32.1. The molecule has 7 aromatic carbocycles. The lowest BCUT2D eigenvalue weighted by atomic mass is 9.95. The van der Waals surface area contributed by atoms with Crippen molar-refractivity contribution < 1.29 is 0 Å². The molecule has 3 aromatic heterocycles. The number of nitrogens with zero attached hydrogens (tertiary/aromatic N) is 2. The predicted octanol–water partition coefficient (Wildman–Crippen LogP) is 13.3. The van der Waals surface area contributed by atoms with Gasteiger partial charge in [-0.2, -0.15) is 0 Å². The van der Waals surface area contributed by atoms with Crippen molar-refractivity contribution in [1.82, 2.24) is 4.57 Å². The summed E-state index contributed by atoms with van der Waals surface area (Å²) in [5.74, 6) is 0.977. The lowest BCUT2D eigenvalue weighted by Gasteiger charge is -2.19. The Hall–Kier alpha value is -5.55. The molecule has 0 radical (unpaired) electrons. The van der Waals surface area contributed by atoms with E-state index >= 15 is 0 Å². The first-order valence-electron chi connectivity index (χ1n) is 16.9. The van der Waals surface area contributed by atoms with Gasteiger partial charge in [0, 0.05) is 57.4 Å². The molecule has 0 fully saturated rings. The molecule has 0 saturated heterocycles. The van der Waals surface area contributed by atoms with Gasteiger partial charge in [0.1, 0.15) is 5.84 Å². The van der Waals surface area contributed by atoms with Crippen LogP contribution in [0.5, 0.6) is 0 Å². The van der Waals surface area contributed by atoms with Crippen LogP contribution in [0.3, 0.4) is 0 Å². The van der Waals surface area contributed by atoms with E-state index in [1.54, 1.807) is 0 Å². The van der Waals surface area contributed by atoms with Crippen LogP contribution in [-0.4, -0.2) is 10.4 Å². The Morgan fingerprint density at radius 1 is 0.510 bits per heavy atom. The molecule has 11 rings (SSSR count). The summed E-state index contributed by atoms with van der Waals surface area (Å²) in [6.45, 7) is 0. The molecule has 230 valence electrons. The zero-order valence-corrected chi connectivity index (χ0v) is 28.1. The van der Waals surface area contributed by atoms with Gasteiger partial charge >= 0.3 is 0 Å². The highest BCUT2D eigenvalue weighted by atomic mass is 32.1. The summed E-state index contributed by atoms with van der Waals surface area (Å²) in [6.07, 6.45) is 4.32. The second-order valence-electron chi connectivity index (χ2n) is 12.9. The lowest BCUT2D eigenvalue weighted by Crippen LogP contribution is -2.15. The monoisotopic (exact) mass is 660 g/mol. The number of fused-ring (bicyclic) bond motifs is 15. The molecule has 0 unspecified atom stereocenters. The smallest absolute Gasteiger partial charge is 0.145 e. The summed E-state index contributed by atoms with van der Waals surface area (Å²) in [5.41, 5.74) is 7.11. The van der Waals surface area contributed by atoms with Crippen molar-refractivity contribution in [2.45, 2.75) is 12.8 Å². The number of hydrogen-bond donors (Lipinski definition) is 0. The maximum absolute atomic E-state index is 5.66. The number of hydrogen-bond acceptors (Lipinski definition) is 3. The van der Waals surface area contributed by atoms with Crippen LogP contribution >= 0.6 is 22.7 Å². The average molecular weight is 661 g/mol. The van der Waals surface area contributed by atoms with Crippen molar-refractivity contribution in [3.8, 4) is 0 Å². The topological polar surface area (TPSA) is 17.3 Å². The first-order valence-corrected chi connectivity index (χ1v) is 18.5. The van der Waals surface area contributed by atoms with Crippen molar-refractivity contribution in [3.05, 3.63) is 157 Å². The number of rotatable bonds is 1. The molecule has 1 aliphatic rings. The number of allylic oxidation sites excluding steroid dienone is 2. The predicted molar refractivity (Wildman–Crippen MR) is 214 cm³/mol. The summed E-state index contributed by atoms with van der Waals surface area (Å²) in [5, 5.41) is 10.6. The van der Waals surface area contributed by atoms with E-state index in [4.69, 9.17) is 4.99 Å². The van der Waals surface area contributed by atoms with E-state index in [0.717, 1.165) is 24.4 Å². The van der Waals surface area contributed by atoms with E-state index in [0.29, 0.717) is 0 Å². The van der Waals surface area contributed by atoms with Gasteiger partial charge in [0.15, 0.2) is 0 Å². The normalized spacial score (nSPS) is 15.9. The Bertz CT molecular complexity index is 3040. The molecule has 0 amide bonds. The fourth-order valence-corrected chi connectivity index (χ4v) is 10.6. The minimum atomic E-state index is 0.945. The van der Waals surface area contributed by atoms with Crippen LogP contribution in [0.15, 0.2) is 151 Å². The van der Waals surface area contributed by atoms with Crippen molar-refractivity contribution >= 4 is 113 Å². The summed E-state index contributed by atoms with van der Waals surface area (Å²) in [4.78, 5) is 5.66. The van der Waals surface area contributed by atoms with Crippen molar-refractivity contribution in [2.24, 2.45) is 4.99 Å². The summed E-state index contributed by atoms with van der Waals surface area (Å²) in [6, 6.07) is 51.1. The SMILES string of the molecule is C1=C(c2ccccc2)\C(n2c3ccccc3c3c4c(ccc5sc6ccccc6c54)c4c5ccccc5sc4c32)=N/c2ccccc2CC/1. The second kappa shape index (κ2) is 10.5. The standard InChI is InChI=1S/C45H28N2S2/c1-2-13-27(14-3-1)29-20-12-16-28-15-4-8-21-34(28)46-45(29)47-35-22-9-5-17-30(35)42-41-33(25-26-38-40(41)32-19-7-10-23-36(32)48-38)39-31-18-6-11-24-37(31)49-44(39)43(42)47/h1-11,13-15,17-26H,12,16H2/b29-20-,46-45+. The van der Waals surface area contributed by atoms with Crippen LogP contribution in [0, 0.1) is 0 Å². The van der Waals surface area contributed by atoms with E-state index in [1.165, 1.54) is 89.6 Å². The Kier molecular flexibility index (Phi) is 5.86. The fraction of sp³-hybridized carbons (Fsp3) is 0.0444. The fourth-order valence-electron chi connectivity index (χ4n) is 8.20. The highest BCUT2D eigenvalue weighted by Crippen LogP contribution is 2.51. The van der Waals surface area contributed by atoms with Crippen LogP contribution in [0.4, 0.5) is 5.69 Å². The lowest BCUT2D eigenvalue weighted by molar-refractivity contribution is 0.996. The van der Waals surface area contributed by atoms with Crippen molar-refractivity contribution in [2.75, 3.05) is 0 Å². The Labute approximate surface area is 290 Å². The third kappa shape index (κ3) is 3.90. The Balaban J connectivity index is 1.43. The molecule has 0 aliphatic carbocycles. The second-order valence-corrected chi connectivity index (χ2v) is 15.1. The van der Waals surface area contributed by atoms with Gasteiger partial charge in [0.2, 0.25) is 0 Å². The van der Waals surface area contributed by atoms with E-state index in [1.807, 2.05) is 22.7 Å². The van der Waals surface area contributed by atoms with Crippen LogP contribution in [0.2, 0.25) is 0 Å². The maximum atomic E-state index is 5.66. The maximum Gasteiger partial charge on any atom is 0.145 e. The summed E-state index contributed by atoms with van der Waals surface area (Å²) in [7, 11) is 0. The van der Waals surface area contributed by atoms with Crippen LogP contribution in [0.25, 0.3) is 78.5 Å². The van der Waals surface area contributed by atoms with Gasteiger partial charge in [-0.15, -0.1) is 22.7 Å². The number of para-hydroxylation sites is 2. The molecule has 2 nitrogen and oxygen atoms in total. The van der Waals surface area contributed by atoms with Gasteiger partial charge in [0.25, 0.3) is 0 Å². The van der Waals surface area contributed by atoms with E-state index < -0.39 is 0 Å². The van der Waals surface area contributed by atoms with Crippen molar-refractivity contribution in [3.63, 3.8) is 0 Å². The number of aromatic nitrogens is 1. The molecule has 10 aromatic rings. The van der Waals surface area contributed by atoms with Gasteiger partial charge in [-0.05, 0) is 59.7 Å². The highest BCUT2D eigenvalue weighted by Gasteiger charge is 2.27. The molecule has 4 heteroatoms. The molecule has 0 spiro atoms. The van der Waals surface area contributed by atoms with Gasteiger partial charge < -0.3 is 0 Å². The first kappa shape index (κ1) is 27.4. The number of aliphatic imine (C=N–C) groups is 1. The van der Waals surface area contributed by atoms with Crippen molar-refractivity contribution in [1.29, 1.82) is 0 Å². The minimum Gasteiger partial charge on any atom is -0.292 e. The number of aryl methyl sites for hydroxylation is 1. The summed E-state index contributed by atoms with van der Waals surface area (Å²) >= 11 is 3.80. The van der Waals surface area contributed by atoms with Crippen LogP contribution < -0.4 is 0 Å². The van der Waals surface area contributed by atoms with Gasteiger partial charge in [-0.3, -0.25) is 4.57 Å². The molecule has 1 aliphatic heterocycles. The highest BCUT2D eigenvalue weighted by molar-refractivity contribution is 7.27. The molecular weight excluding hydrogens is 633 g/mol. The molecule has 0 atom stereocenters. The molecule has 0 bridgehead atoms. The molecule has 0 saturated carbocycles. The Morgan fingerprint density at radius 2 is 1.20 bits per heavy atom. The molecule has 4 heterocycles. The van der Waals surface area contributed by atoms with E-state index in [9.17, 15) is 0 Å². The van der Waals surface area contributed by atoms with E-state index in [-0.39, 0.29) is 0 Å². The largest absolute Gasteiger partial charge is 0.292 e. The van der Waals surface area contributed by atoms with E-state index in [2.05, 4.69) is 150 Å². The third-order valence-corrected chi connectivity index (χ3v) is 12.6. The Morgan fingerprint density at radius 3 is 2.06 bits per heavy atom. The zero-order valence-electron chi connectivity index (χ0n) is 26.5.